The summed E-state index contributed by atoms with van der Waals surface area (Å²) in [5, 5.41) is 7.14. The van der Waals surface area contributed by atoms with Crippen molar-refractivity contribution in [1.29, 1.82) is 0 Å². The lowest BCUT2D eigenvalue weighted by atomic mass is 10.1. The van der Waals surface area contributed by atoms with Gasteiger partial charge in [0.2, 0.25) is 0 Å². The lowest BCUT2D eigenvalue weighted by Gasteiger charge is -2.07. The van der Waals surface area contributed by atoms with Crippen LogP contribution < -0.4 is 5.32 Å². The fraction of sp³-hybridized carbons (Fsp3) is 0.0952. The van der Waals surface area contributed by atoms with Gasteiger partial charge >= 0.3 is 0 Å². The van der Waals surface area contributed by atoms with Crippen LogP contribution in [0.1, 0.15) is 17.0 Å². The summed E-state index contributed by atoms with van der Waals surface area (Å²) in [5.74, 6) is 0.340. The number of benzene rings is 2. The van der Waals surface area contributed by atoms with Gasteiger partial charge in [0.15, 0.2) is 0 Å². The van der Waals surface area contributed by atoms with Gasteiger partial charge in [0.1, 0.15) is 5.82 Å². The first-order valence-corrected chi connectivity index (χ1v) is 8.66. The highest BCUT2D eigenvalue weighted by atomic mass is 16.1. The summed E-state index contributed by atoms with van der Waals surface area (Å²) in [6, 6.07) is 17.5. The van der Waals surface area contributed by atoms with E-state index in [1.165, 1.54) is 0 Å². The van der Waals surface area contributed by atoms with Crippen LogP contribution in [0.5, 0.6) is 0 Å². The normalized spacial score (nSPS) is 11.7. The highest BCUT2D eigenvalue weighted by Crippen LogP contribution is 2.20. The van der Waals surface area contributed by atoms with Gasteiger partial charge < -0.3 is 10.3 Å². The van der Waals surface area contributed by atoms with Gasteiger partial charge in [-0.05, 0) is 23.8 Å². The lowest BCUT2D eigenvalue weighted by Crippen LogP contribution is -2.24. The number of hydrogen-bond acceptors (Lipinski definition) is 3. The van der Waals surface area contributed by atoms with Gasteiger partial charge in [0.05, 0.1) is 22.8 Å². The van der Waals surface area contributed by atoms with Crippen molar-refractivity contribution < 1.29 is 4.79 Å². The average Bonchev–Trinajstić information content (AvgIpc) is 3.30. The zero-order chi connectivity index (χ0) is 18.6. The molecule has 134 valence electrons. The van der Waals surface area contributed by atoms with Crippen LogP contribution in [0.3, 0.4) is 0 Å². The van der Waals surface area contributed by atoms with E-state index in [9.17, 15) is 4.79 Å². The Morgan fingerprint density at radius 2 is 1.93 bits per heavy atom. The second-order valence-corrected chi connectivity index (χ2v) is 6.28. The zero-order valence-corrected chi connectivity index (χ0v) is 14.9. The van der Waals surface area contributed by atoms with Crippen molar-refractivity contribution in [3.8, 4) is 0 Å². The second kappa shape index (κ2) is 7.29. The number of hydrogen-bond donors (Lipinski definition) is 2. The zero-order valence-electron chi connectivity index (χ0n) is 14.9. The molecule has 4 aromatic rings. The standard InChI is InChI=1S/C21H19N5O/c1-26-14-16(13-23-26)11-17(20-24-18-9-5-6-10-19(18)25-20)21(27)22-12-15-7-3-2-4-8-15/h2-11,13-14H,12H2,1H3,(H,22,27)(H,24,25)/b17-11+. The molecule has 1 amide bonds. The molecule has 0 bridgehead atoms. The smallest absolute Gasteiger partial charge is 0.255 e. The minimum Gasteiger partial charge on any atom is -0.348 e. The Balaban J connectivity index is 1.67. The monoisotopic (exact) mass is 357 g/mol. The molecule has 0 unspecified atom stereocenters. The Kier molecular flexibility index (Phi) is 4.53. The molecule has 0 aliphatic carbocycles. The Morgan fingerprint density at radius 3 is 2.67 bits per heavy atom. The summed E-state index contributed by atoms with van der Waals surface area (Å²) in [6.07, 6.45) is 5.37. The molecule has 2 heterocycles. The number of carbonyl (C=O) groups excluding carboxylic acids is 1. The molecule has 0 spiro atoms. The first-order valence-electron chi connectivity index (χ1n) is 8.66. The molecule has 0 fully saturated rings. The Labute approximate surface area is 156 Å². The van der Waals surface area contributed by atoms with E-state index in [1.807, 2.05) is 67.8 Å². The molecule has 2 N–H and O–H groups in total. The number of H-pyrrole nitrogens is 1. The van der Waals surface area contributed by atoms with E-state index >= 15 is 0 Å². The molecule has 4 rings (SSSR count). The van der Waals surface area contributed by atoms with Crippen LogP contribution >= 0.6 is 0 Å². The second-order valence-electron chi connectivity index (χ2n) is 6.28. The number of nitrogens with one attached hydrogen (secondary N) is 2. The lowest BCUT2D eigenvalue weighted by molar-refractivity contribution is -0.115. The van der Waals surface area contributed by atoms with Gasteiger partial charge in [-0.2, -0.15) is 5.10 Å². The average molecular weight is 357 g/mol. The van der Waals surface area contributed by atoms with Crippen LogP contribution in [0.2, 0.25) is 0 Å². The third kappa shape index (κ3) is 3.79. The van der Waals surface area contributed by atoms with E-state index < -0.39 is 0 Å². The van der Waals surface area contributed by atoms with Crippen LogP contribution in [0.25, 0.3) is 22.7 Å². The number of aryl methyl sites for hydroxylation is 1. The number of rotatable bonds is 5. The minimum atomic E-state index is -0.193. The molecular formula is C21H19N5O. The largest absolute Gasteiger partial charge is 0.348 e. The van der Waals surface area contributed by atoms with E-state index in [2.05, 4.69) is 20.4 Å². The van der Waals surface area contributed by atoms with Gasteiger partial charge in [-0.15, -0.1) is 0 Å². The summed E-state index contributed by atoms with van der Waals surface area (Å²) in [6.45, 7) is 0.449. The van der Waals surface area contributed by atoms with Crippen molar-refractivity contribution in [3.63, 3.8) is 0 Å². The number of para-hydroxylation sites is 2. The molecule has 2 aromatic carbocycles. The molecule has 0 atom stereocenters. The fourth-order valence-electron chi connectivity index (χ4n) is 2.88. The molecule has 0 saturated heterocycles. The van der Waals surface area contributed by atoms with Crippen LogP contribution in [-0.4, -0.2) is 25.7 Å². The molecule has 2 aromatic heterocycles. The quantitative estimate of drug-likeness (QED) is 0.539. The van der Waals surface area contributed by atoms with E-state index in [0.29, 0.717) is 17.9 Å². The summed E-state index contributed by atoms with van der Waals surface area (Å²) in [4.78, 5) is 20.8. The molecule has 0 saturated carbocycles. The van der Waals surface area contributed by atoms with E-state index in [1.54, 1.807) is 17.0 Å². The minimum absolute atomic E-state index is 0.193. The number of fused-ring (bicyclic) bond motifs is 1. The Hall–Kier alpha value is -3.67. The SMILES string of the molecule is Cn1cc(/C=C(/C(=O)NCc2ccccc2)c2nc3ccccc3[nH]2)cn1. The number of carbonyl (C=O) groups is 1. The summed E-state index contributed by atoms with van der Waals surface area (Å²) in [5.41, 5.74) is 4.05. The third-order valence-corrected chi connectivity index (χ3v) is 4.22. The first-order chi connectivity index (χ1) is 13.2. The van der Waals surface area contributed by atoms with Gasteiger partial charge in [0, 0.05) is 25.4 Å². The van der Waals surface area contributed by atoms with Gasteiger partial charge in [-0.25, -0.2) is 4.98 Å². The number of nitrogens with zero attached hydrogens (tertiary/aromatic N) is 3. The maximum atomic E-state index is 12.9. The third-order valence-electron chi connectivity index (χ3n) is 4.22. The van der Waals surface area contributed by atoms with Gasteiger partial charge in [-0.3, -0.25) is 9.48 Å². The van der Waals surface area contributed by atoms with Crippen LogP contribution in [0, 0.1) is 0 Å². The number of imidazole rings is 1. The fourth-order valence-corrected chi connectivity index (χ4v) is 2.88. The van der Waals surface area contributed by atoms with Gasteiger partial charge in [-0.1, -0.05) is 42.5 Å². The Bertz CT molecular complexity index is 1070. The van der Waals surface area contributed by atoms with E-state index in [-0.39, 0.29) is 5.91 Å². The van der Waals surface area contributed by atoms with Crippen LogP contribution in [0.4, 0.5) is 0 Å². The summed E-state index contributed by atoms with van der Waals surface area (Å²) in [7, 11) is 1.84. The molecule has 27 heavy (non-hydrogen) atoms. The van der Waals surface area contributed by atoms with Crippen molar-refractivity contribution >= 4 is 28.6 Å². The number of aromatic nitrogens is 4. The highest BCUT2D eigenvalue weighted by molar-refractivity contribution is 6.23. The predicted octanol–water partition coefficient (Wildman–Crippen LogP) is 3.15. The highest BCUT2D eigenvalue weighted by Gasteiger charge is 2.16. The van der Waals surface area contributed by atoms with Gasteiger partial charge in [0.25, 0.3) is 5.91 Å². The van der Waals surface area contributed by atoms with Crippen molar-refractivity contribution in [3.05, 3.63) is 83.9 Å². The molecule has 6 heteroatoms. The van der Waals surface area contributed by atoms with Crippen molar-refractivity contribution in [2.75, 3.05) is 0 Å². The molecule has 6 nitrogen and oxygen atoms in total. The van der Waals surface area contributed by atoms with Crippen molar-refractivity contribution in [2.24, 2.45) is 7.05 Å². The van der Waals surface area contributed by atoms with E-state index in [0.717, 1.165) is 22.2 Å². The Morgan fingerprint density at radius 1 is 1.15 bits per heavy atom. The number of amides is 1. The topological polar surface area (TPSA) is 75.6 Å². The molecule has 0 aliphatic rings. The van der Waals surface area contributed by atoms with E-state index in [4.69, 9.17) is 0 Å². The van der Waals surface area contributed by atoms with Crippen LogP contribution in [-0.2, 0) is 18.4 Å². The summed E-state index contributed by atoms with van der Waals surface area (Å²) < 4.78 is 1.70. The number of aromatic amines is 1. The van der Waals surface area contributed by atoms with Crippen molar-refractivity contribution in [2.45, 2.75) is 6.54 Å². The summed E-state index contributed by atoms with van der Waals surface area (Å²) >= 11 is 0. The molecule has 0 radical (unpaired) electrons. The predicted molar refractivity (Wildman–Crippen MR) is 105 cm³/mol. The maximum Gasteiger partial charge on any atom is 0.255 e. The van der Waals surface area contributed by atoms with Crippen molar-refractivity contribution in [1.82, 2.24) is 25.1 Å². The van der Waals surface area contributed by atoms with Crippen LogP contribution in [0.15, 0.2) is 67.0 Å². The molecular weight excluding hydrogens is 338 g/mol. The maximum absolute atomic E-state index is 12.9. The molecule has 0 aliphatic heterocycles. The first kappa shape index (κ1) is 16.8.